The van der Waals surface area contributed by atoms with Gasteiger partial charge in [-0.15, -0.1) is 0 Å². The van der Waals surface area contributed by atoms with Gasteiger partial charge in [0.05, 0.1) is 18.5 Å². The fraction of sp³-hybridized carbons (Fsp3) is 0.167. The molecular weight excluding hydrogens is 321 g/mol. The summed E-state index contributed by atoms with van der Waals surface area (Å²) in [4.78, 5) is 4.33. The van der Waals surface area contributed by atoms with E-state index in [1.165, 1.54) is 25.3 Å². The molecule has 3 N–H and O–H groups in total. The van der Waals surface area contributed by atoms with Crippen LogP contribution in [0.25, 0.3) is 22.4 Å². The van der Waals surface area contributed by atoms with Gasteiger partial charge < -0.3 is 10.5 Å². The molecule has 25 heavy (non-hydrogen) atoms. The third-order valence-electron chi connectivity index (χ3n) is 4.00. The Morgan fingerprint density at radius 1 is 1.24 bits per heavy atom. The molecule has 0 fully saturated rings. The zero-order chi connectivity index (χ0) is 18.1. The number of nitrogens with zero attached hydrogens (tertiary/aromatic N) is 3. The minimum absolute atomic E-state index is 0.0707. The van der Waals surface area contributed by atoms with Gasteiger partial charge in [-0.05, 0) is 38.1 Å². The smallest absolute Gasteiger partial charge is 0.142 e. The van der Waals surface area contributed by atoms with Crippen LogP contribution >= 0.6 is 0 Å². The molecule has 3 rings (SSSR count). The fourth-order valence-electron chi connectivity index (χ4n) is 2.84. The first-order valence-electron chi connectivity index (χ1n) is 7.52. The van der Waals surface area contributed by atoms with Crippen LogP contribution in [-0.2, 0) is 0 Å². The lowest BCUT2D eigenvalue weighted by molar-refractivity contribution is 0.415. The lowest BCUT2D eigenvalue weighted by atomic mass is 9.97. The van der Waals surface area contributed by atoms with Crippen molar-refractivity contribution in [3.8, 4) is 34.2 Å². The molecule has 7 heteroatoms. The van der Waals surface area contributed by atoms with E-state index in [0.717, 1.165) is 17.0 Å². The number of ether oxygens (including phenoxy) is 1. The maximum absolute atomic E-state index is 13.8. The zero-order valence-corrected chi connectivity index (χ0v) is 14.0. The molecule has 0 bridgehead atoms. The molecule has 0 saturated heterocycles. The minimum atomic E-state index is -0.438. The first kappa shape index (κ1) is 16.5. The van der Waals surface area contributed by atoms with Crippen molar-refractivity contribution < 1.29 is 9.13 Å². The minimum Gasteiger partial charge on any atom is -0.496 e. The van der Waals surface area contributed by atoms with Crippen LogP contribution in [0.1, 0.15) is 17.0 Å². The second-order valence-electron chi connectivity index (χ2n) is 5.58. The second-order valence-corrected chi connectivity index (χ2v) is 5.58. The predicted octanol–water partition coefficient (Wildman–Crippen LogP) is 3.36. The third-order valence-corrected chi connectivity index (χ3v) is 4.00. The number of aromatic amines is 1. The number of methoxy groups -OCH3 is 1. The van der Waals surface area contributed by atoms with Crippen molar-refractivity contribution in [3.05, 3.63) is 47.0 Å². The van der Waals surface area contributed by atoms with Crippen LogP contribution in [0.2, 0.25) is 0 Å². The number of aromatic nitrogens is 3. The summed E-state index contributed by atoms with van der Waals surface area (Å²) in [5.74, 6) is 0.0729. The van der Waals surface area contributed by atoms with E-state index in [2.05, 4.69) is 15.2 Å². The number of nitrogens with one attached hydrogen (secondary N) is 1. The van der Waals surface area contributed by atoms with Crippen molar-refractivity contribution in [3.63, 3.8) is 0 Å². The van der Waals surface area contributed by atoms with Gasteiger partial charge in [-0.3, -0.25) is 5.10 Å². The lowest BCUT2D eigenvalue weighted by Gasteiger charge is -2.13. The van der Waals surface area contributed by atoms with Crippen LogP contribution in [0, 0.1) is 31.0 Å². The van der Waals surface area contributed by atoms with Crippen molar-refractivity contribution in [2.24, 2.45) is 0 Å². The Balaban J connectivity index is 2.34. The zero-order valence-electron chi connectivity index (χ0n) is 14.0. The number of hydrogen-bond acceptors (Lipinski definition) is 5. The Hall–Kier alpha value is -3.40. The van der Waals surface area contributed by atoms with Gasteiger partial charge in [-0.25, -0.2) is 9.37 Å². The topological polar surface area (TPSA) is 101 Å². The van der Waals surface area contributed by atoms with Crippen LogP contribution in [0.4, 0.5) is 10.2 Å². The highest BCUT2D eigenvalue weighted by molar-refractivity contribution is 5.83. The summed E-state index contributed by atoms with van der Waals surface area (Å²) < 4.78 is 19.1. The Labute approximate surface area is 144 Å². The summed E-state index contributed by atoms with van der Waals surface area (Å²) in [5.41, 5.74) is 10.0. The molecule has 0 spiro atoms. The summed E-state index contributed by atoms with van der Waals surface area (Å²) in [7, 11) is 1.48. The van der Waals surface area contributed by atoms with Crippen molar-refractivity contribution in [2.45, 2.75) is 13.8 Å². The number of rotatable bonds is 3. The normalized spacial score (nSPS) is 10.5. The average Bonchev–Trinajstić information content (AvgIpc) is 2.92. The molecule has 2 heterocycles. The van der Waals surface area contributed by atoms with Gasteiger partial charge in [-0.2, -0.15) is 10.4 Å². The number of nitriles is 1. The number of benzene rings is 1. The number of hydrogen-bond donors (Lipinski definition) is 2. The van der Waals surface area contributed by atoms with Crippen LogP contribution in [0.15, 0.2) is 24.3 Å². The van der Waals surface area contributed by atoms with E-state index < -0.39 is 5.82 Å². The number of aryl methyl sites for hydroxylation is 2. The van der Waals surface area contributed by atoms with Crippen molar-refractivity contribution in [1.29, 1.82) is 5.26 Å². The first-order valence-corrected chi connectivity index (χ1v) is 7.52. The number of H-pyrrole nitrogens is 1. The molecule has 0 aliphatic heterocycles. The number of pyridine rings is 1. The average molecular weight is 337 g/mol. The quantitative estimate of drug-likeness (QED) is 0.763. The van der Waals surface area contributed by atoms with Gasteiger partial charge in [0.15, 0.2) is 0 Å². The summed E-state index contributed by atoms with van der Waals surface area (Å²) in [5, 5.41) is 16.6. The fourth-order valence-corrected chi connectivity index (χ4v) is 2.84. The molecule has 2 aromatic heterocycles. The summed E-state index contributed by atoms with van der Waals surface area (Å²) in [6, 6.07) is 7.87. The second kappa shape index (κ2) is 6.24. The van der Waals surface area contributed by atoms with Crippen LogP contribution in [0.5, 0.6) is 5.75 Å². The third kappa shape index (κ3) is 2.78. The number of anilines is 1. The molecule has 0 amide bonds. The van der Waals surface area contributed by atoms with E-state index in [0.29, 0.717) is 22.6 Å². The summed E-state index contributed by atoms with van der Waals surface area (Å²) in [6.07, 6.45) is 0. The molecule has 0 atom stereocenters. The molecule has 0 aliphatic carbocycles. The van der Waals surface area contributed by atoms with Gasteiger partial charge in [-0.1, -0.05) is 0 Å². The SMILES string of the molecule is COc1ccc(F)cc1-c1cc(-c2c(C)n[nH]c2C)nc(N)c1C#N. The van der Waals surface area contributed by atoms with Gasteiger partial charge >= 0.3 is 0 Å². The molecular formula is C18H16FN5O. The molecule has 0 aliphatic rings. The van der Waals surface area contributed by atoms with Crippen LogP contribution in [-0.4, -0.2) is 22.3 Å². The number of nitrogens with two attached hydrogens (primary N) is 1. The first-order chi connectivity index (χ1) is 12.0. The van der Waals surface area contributed by atoms with Gasteiger partial charge in [0.25, 0.3) is 0 Å². The number of halogens is 1. The summed E-state index contributed by atoms with van der Waals surface area (Å²) >= 11 is 0. The predicted molar refractivity (Wildman–Crippen MR) is 92.4 cm³/mol. The van der Waals surface area contributed by atoms with Crippen molar-refractivity contribution in [1.82, 2.24) is 15.2 Å². The van der Waals surface area contributed by atoms with E-state index in [1.54, 1.807) is 6.07 Å². The Morgan fingerprint density at radius 2 is 2.00 bits per heavy atom. The van der Waals surface area contributed by atoms with E-state index >= 15 is 0 Å². The van der Waals surface area contributed by atoms with E-state index in [9.17, 15) is 9.65 Å². The molecule has 0 unspecified atom stereocenters. The van der Waals surface area contributed by atoms with Crippen LogP contribution in [0.3, 0.4) is 0 Å². The summed E-state index contributed by atoms with van der Waals surface area (Å²) in [6.45, 7) is 3.71. The Bertz CT molecular complexity index is 984. The van der Waals surface area contributed by atoms with Crippen molar-refractivity contribution >= 4 is 5.82 Å². The van der Waals surface area contributed by atoms with E-state index in [4.69, 9.17) is 10.5 Å². The van der Waals surface area contributed by atoms with E-state index in [1.807, 2.05) is 19.9 Å². The molecule has 126 valence electrons. The largest absolute Gasteiger partial charge is 0.496 e. The van der Waals surface area contributed by atoms with Crippen molar-refractivity contribution in [2.75, 3.05) is 12.8 Å². The molecule has 3 aromatic rings. The molecule has 6 nitrogen and oxygen atoms in total. The van der Waals surface area contributed by atoms with Crippen LogP contribution < -0.4 is 10.5 Å². The highest BCUT2D eigenvalue weighted by atomic mass is 19.1. The standard InChI is InChI=1S/C18H16FN5O/c1-9-17(10(2)24-23-9)15-7-12(14(8-20)18(21)22-15)13-6-11(19)4-5-16(13)25-3/h4-7H,1-3H3,(H2,21,22)(H,23,24). The Kier molecular flexibility index (Phi) is 4.11. The molecule has 0 radical (unpaired) electrons. The molecule has 1 aromatic carbocycles. The molecule has 0 saturated carbocycles. The van der Waals surface area contributed by atoms with Gasteiger partial charge in [0.2, 0.25) is 0 Å². The highest BCUT2D eigenvalue weighted by Gasteiger charge is 2.19. The monoisotopic (exact) mass is 337 g/mol. The number of nitrogen functional groups attached to an aromatic ring is 1. The maximum Gasteiger partial charge on any atom is 0.142 e. The van der Waals surface area contributed by atoms with Gasteiger partial charge in [0.1, 0.15) is 29.0 Å². The highest BCUT2D eigenvalue weighted by Crippen LogP contribution is 2.37. The van der Waals surface area contributed by atoms with Gasteiger partial charge in [0, 0.05) is 22.4 Å². The Morgan fingerprint density at radius 3 is 2.60 bits per heavy atom. The maximum atomic E-state index is 13.8. The lowest BCUT2D eigenvalue weighted by Crippen LogP contribution is -2.01. The van der Waals surface area contributed by atoms with E-state index in [-0.39, 0.29) is 11.4 Å².